The second-order valence-corrected chi connectivity index (χ2v) is 9.91. The van der Waals surface area contributed by atoms with E-state index in [0.29, 0.717) is 35.0 Å². The molecule has 2 aliphatic heterocycles. The molecule has 1 saturated heterocycles. The molecule has 0 bridgehead atoms. The van der Waals surface area contributed by atoms with Gasteiger partial charge in [-0.15, -0.1) is 11.8 Å². The Labute approximate surface area is 201 Å². The van der Waals surface area contributed by atoms with E-state index in [0.717, 1.165) is 22.4 Å². The summed E-state index contributed by atoms with van der Waals surface area (Å²) in [7, 11) is 0. The predicted octanol–water partition coefficient (Wildman–Crippen LogP) is 5.11. The maximum absolute atomic E-state index is 14.1. The van der Waals surface area contributed by atoms with Crippen LogP contribution in [0.15, 0.2) is 66.7 Å². The molecule has 0 radical (unpaired) electrons. The van der Waals surface area contributed by atoms with E-state index in [2.05, 4.69) is 6.07 Å². The first kappa shape index (κ1) is 21.6. The maximum Gasteiger partial charge on any atom is 0.268 e. The number of halogens is 1. The largest absolute Gasteiger partial charge is 0.311 e. The first-order chi connectivity index (χ1) is 15.9. The van der Waals surface area contributed by atoms with Crippen LogP contribution in [0.2, 0.25) is 5.02 Å². The molecule has 164 valence electrons. The molecule has 1 spiro atoms. The number of benzene rings is 3. The van der Waals surface area contributed by atoms with Gasteiger partial charge in [-0.05, 0) is 48.9 Å². The Hall–Kier alpha value is -3.27. The van der Waals surface area contributed by atoms with Crippen LogP contribution in [0.3, 0.4) is 0 Å². The fourth-order valence-electron chi connectivity index (χ4n) is 4.59. The Balaban J connectivity index is 1.60. The van der Waals surface area contributed by atoms with Gasteiger partial charge in [0.1, 0.15) is 0 Å². The third kappa shape index (κ3) is 3.49. The Bertz CT molecular complexity index is 1340. The number of anilines is 1. The number of nitriles is 1. The molecule has 1 fully saturated rings. The van der Waals surface area contributed by atoms with Crippen LogP contribution in [-0.4, -0.2) is 29.0 Å². The zero-order valence-electron chi connectivity index (χ0n) is 17.9. The molecule has 33 heavy (non-hydrogen) atoms. The summed E-state index contributed by atoms with van der Waals surface area (Å²) in [5.41, 5.74) is 4.53. The fourth-order valence-corrected chi connectivity index (χ4v) is 6.23. The van der Waals surface area contributed by atoms with Gasteiger partial charge in [0, 0.05) is 28.4 Å². The number of nitrogens with zero attached hydrogens (tertiary/aromatic N) is 3. The zero-order valence-corrected chi connectivity index (χ0v) is 19.5. The molecule has 2 aliphatic rings. The normalized spacial score (nSPS) is 19.1. The number of aryl methyl sites for hydroxylation is 1. The van der Waals surface area contributed by atoms with E-state index in [-0.39, 0.29) is 11.8 Å². The number of carbonyl (C=O) groups is 2. The lowest BCUT2D eigenvalue weighted by Gasteiger charge is -2.33. The van der Waals surface area contributed by atoms with Crippen molar-refractivity contribution in [3.8, 4) is 6.07 Å². The minimum atomic E-state index is -1.12. The van der Waals surface area contributed by atoms with Gasteiger partial charge in [0.2, 0.25) is 0 Å². The van der Waals surface area contributed by atoms with Crippen molar-refractivity contribution in [2.45, 2.75) is 18.3 Å². The van der Waals surface area contributed by atoms with Crippen molar-refractivity contribution >= 4 is 40.9 Å². The van der Waals surface area contributed by atoms with Crippen LogP contribution >= 0.6 is 23.4 Å². The van der Waals surface area contributed by atoms with Gasteiger partial charge in [-0.2, -0.15) is 5.26 Å². The van der Waals surface area contributed by atoms with E-state index in [4.69, 9.17) is 11.6 Å². The number of thioether (sulfide) groups is 1. The second kappa shape index (κ2) is 8.26. The van der Waals surface area contributed by atoms with Gasteiger partial charge in [-0.1, -0.05) is 47.5 Å². The molecule has 5 nitrogen and oxygen atoms in total. The van der Waals surface area contributed by atoms with Crippen LogP contribution in [-0.2, 0) is 16.2 Å². The van der Waals surface area contributed by atoms with Crippen LogP contribution in [0.1, 0.15) is 32.6 Å². The quantitative estimate of drug-likeness (QED) is 0.530. The molecule has 0 saturated carbocycles. The SMILES string of the molecule is Cc1ccc2c(c1)C1(SCCN1C(=O)c1cccc(Cl)c1)C(=O)N2Cc1cccc(C#N)c1. The summed E-state index contributed by atoms with van der Waals surface area (Å²) < 4.78 is 0. The molecule has 0 aliphatic carbocycles. The van der Waals surface area contributed by atoms with E-state index in [1.54, 1.807) is 46.2 Å². The van der Waals surface area contributed by atoms with Gasteiger partial charge >= 0.3 is 0 Å². The summed E-state index contributed by atoms with van der Waals surface area (Å²) in [5.74, 6) is 0.309. The minimum Gasteiger partial charge on any atom is -0.311 e. The standard InChI is InChI=1S/C26H20ClN3O2S/c1-17-8-9-23-22(12-17)26(25(32)29(23)16-19-5-2-4-18(13-19)15-28)30(10-11-33-26)24(31)20-6-3-7-21(27)14-20/h2-9,12-14H,10-11,16H2,1H3. The summed E-state index contributed by atoms with van der Waals surface area (Å²) >= 11 is 7.64. The van der Waals surface area contributed by atoms with E-state index in [1.165, 1.54) is 11.8 Å². The first-order valence-electron chi connectivity index (χ1n) is 10.6. The van der Waals surface area contributed by atoms with E-state index in [1.807, 2.05) is 37.3 Å². The number of amides is 2. The van der Waals surface area contributed by atoms with Gasteiger partial charge < -0.3 is 9.80 Å². The number of hydrogen-bond donors (Lipinski definition) is 0. The van der Waals surface area contributed by atoms with Crippen LogP contribution in [0.25, 0.3) is 0 Å². The number of fused-ring (bicyclic) bond motifs is 2. The average molecular weight is 474 g/mol. The molecular weight excluding hydrogens is 454 g/mol. The fraction of sp³-hybridized carbons (Fsp3) is 0.192. The highest BCUT2D eigenvalue weighted by molar-refractivity contribution is 8.01. The molecule has 0 aromatic heterocycles. The van der Waals surface area contributed by atoms with Crippen molar-refractivity contribution in [3.05, 3.63) is 99.6 Å². The Morgan fingerprint density at radius 1 is 1.15 bits per heavy atom. The Morgan fingerprint density at radius 2 is 1.97 bits per heavy atom. The van der Waals surface area contributed by atoms with Crippen LogP contribution < -0.4 is 4.90 Å². The average Bonchev–Trinajstić information content (AvgIpc) is 3.36. The molecule has 5 rings (SSSR count). The zero-order chi connectivity index (χ0) is 23.2. The van der Waals surface area contributed by atoms with Crippen molar-refractivity contribution in [2.75, 3.05) is 17.2 Å². The molecule has 1 unspecified atom stereocenters. The van der Waals surface area contributed by atoms with Gasteiger partial charge in [0.05, 0.1) is 23.9 Å². The smallest absolute Gasteiger partial charge is 0.268 e. The molecule has 0 N–H and O–H groups in total. The molecule has 3 aromatic rings. The lowest BCUT2D eigenvalue weighted by molar-refractivity contribution is -0.123. The Morgan fingerprint density at radius 3 is 2.76 bits per heavy atom. The summed E-state index contributed by atoms with van der Waals surface area (Å²) in [5, 5.41) is 9.75. The molecular formula is C26H20ClN3O2S. The lowest BCUT2D eigenvalue weighted by atomic mass is 10.0. The summed E-state index contributed by atoms with van der Waals surface area (Å²) in [6.07, 6.45) is 0. The van der Waals surface area contributed by atoms with Crippen molar-refractivity contribution < 1.29 is 9.59 Å². The van der Waals surface area contributed by atoms with Crippen LogP contribution in [0, 0.1) is 18.3 Å². The number of rotatable bonds is 3. The minimum absolute atomic E-state index is 0.136. The molecule has 7 heteroatoms. The highest BCUT2D eigenvalue weighted by atomic mass is 35.5. The van der Waals surface area contributed by atoms with Gasteiger partial charge in [-0.3, -0.25) is 9.59 Å². The molecule has 2 heterocycles. The van der Waals surface area contributed by atoms with Crippen molar-refractivity contribution in [2.24, 2.45) is 0 Å². The third-order valence-electron chi connectivity index (χ3n) is 6.06. The molecule has 3 aromatic carbocycles. The van der Waals surface area contributed by atoms with Crippen molar-refractivity contribution in [1.29, 1.82) is 5.26 Å². The summed E-state index contributed by atoms with van der Waals surface area (Å²) in [6.45, 7) is 2.78. The number of carbonyl (C=O) groups excluding carboxylic acids is 2. The monoisotopic (exact) mass is 473 g/mol. The van der Waals surface area contributed by atoms with Crippen LogP contribution in [0.5, 0.6) is 0 Å². The molecule has 2 amide bonds. The van der Waals surface area contributed by atoms with Crippen molar-refractivity contribution in [3.63, 3.8) is 0 Å². The maximum atomic E-state index is 14.1. The van der Waals surface area contributed by atoms with Crippen LogP contribution in [0.4, 0.5) is 5.69 Å². The summed E-state index contributed by atoms with van der Waals surface area (Å²) in [4.78, 5) is 30.0. The second-order valence-electron chi connectivity index (χ2n) is 8.18. The van der Waals surface area contributed by atoms with E-state index < -0.39 is 4.87 Å². The first-order valence-corrected chi connectivity index (χ1v) is 11.9. The third-order valence-corrected chi connectivity index (χ3v) is 7.72. The topological polar surface area (TPSA) is 64.4 Å². The lowest BCUT2D eigenvalue weighted by Crippen LogP contribution is -2.50. The van der Waals surface area contributed by atoms with Crippen molar-refractivity contribution in [1.82, 2.24) is 4.90 Å². The van der Waals surface area contributed by atoms with E-state index in [9.17, 15) is 14.9 Å². The van der Waals surface area contributed by atoms with Gasteiger partial charge in [0.15, 0.2) is 4.87 Å². The Kier molecular flexibility index (Phi) is 5.40. The van der Waals surface area contributed by atoms with Gasteiger partial charge in [-0.25, -0.2) is 0 Å². The highest BCUT2D eigenvalue weighted by Crippen LogP contribution is 2.55. The molecule has 1 atom stereocenters. The van der Waals surface area contributed by atoms with Gasteiger partial charge in [0.25, 0.3) is 11.8 Å². The number of hydrogen-bond acceptors (Lipinski definition) is 4. The summed E-state index contributed by atoms with van der Waals surface area (Å²) in [6, 6.07) is 22.2. The van der Waals surface area contributed by atoms with E-state index >= 15 is 0 Å². The predicted molar refractivity (Wildman–Crippen MR) is 130 cm³/mol. The highest BCUT2D eigenvalue weighted by Gasteiger charge is 2.59.